The highest BCUT2D eigenvalue weighted by atomic mass is 79.9. The van der Waals surface area contributed by atoms with Crippen molar-refractivity contribution in [3.63, 3.8) is 0 Å². The van der Waals surface area contributed by atoms with E-state index in [9.17, 15) is 4.79 Å². The summed E-state index contributed by atoms with van der Waals surface area (Å²) in [4.78, 5) is 13.1. The van der Waals surface area contributed by atoms with Crippen LogP contribution in [-0.4, -0.2) is 12.5 Å². The summed E-state index contributed by atoms with van der Waals surface area (Å²) in [5, 5.41) is 5.19. The summed E-state index contributed by atoms with van der Waals surface area (Å²) < 4.78 is 0.922. The van der Waals surface area contributed by atoms with Gasteiger partial charge in [-0.3, -0.25) is 4.79 Å². The molecule has 1 aromatic rings. The second kappa shape index (κ2) is 4.84. The van der Waals surface area contributed by atoms with Crippen LogP contribution in [0.1, 0.15) is 48.2 Å². The largest absolute Gasteiger partial charge is 0.351 e. The molecule has 0 aromatic carbocycles. The minimum Gasteiger partial charge on any atom is -0.351 e. The smallest absolute Gasteiger partial charge is 0.262 e. The van der Waals surface area contributed by atoms with Gasteiger partial charge in [-0.1, -0.05) is 0 Å². The summed E-state index contributed by atoms with van der Waals surface area (Å²) in [6.45, 7) is 0.889. The van der Waals surface area contributed by atoms with Crippen LogP contribution >= 0.6 is 27.3 Å². The number of hydrogen-bond donors (Lipinski definition) is 1. The summed E-state index contributed by atoms with van der Waals surface area (Å²) in [5.41, 5.74) is 0.425. The van der Waals surface area contributed by atoms with E-state index >= 15 is 0 Å². The number of nitrogens with one attached hydrogen (secondary N) is 1. The Morgan fingerprint density at radius 1 is 1.25 bits per heavy atom. The Kier molecular flexibility index (Phi) is 3.22. The lowest BCUT2D eigenvalue weighted by molar-refractivity contribution is -0.0503. The van der Waals surface area contributed by atoms with Crippen LogP contribution in [0.2, 0.25) is 0 Å². The van der Waals surface area contributed by atoms with E-state index in [-0.39, 0.29) is 5.91 Å². The molecule has 1 heterocycles. The van der Waals surface area contributed by atoms with Crippen LogP contribution in [0.5, 0.6) is 0 Å². The van der Waals surface area contributed by atoms with Gasteiger partial charge in [-0.05, 0) is 89.1 Å². The van der Waals surface area contributed by atoms with Crippen LogP contribution in [-0.2, 0) is 0 Å². The molecule has 0 unspecified atom stereocenters. The molecule has 1 amide bonds. The number of rotatable bonds is 3. The van der Waals surface area contributed by atoms with Crippen molar-refractivity contribution in [1.82, 2.24) is 5.32 Å². The second-order valence-corrected chi connectivity index (χ2v) is 8.97. The zero-order valence-corrected chi connectivity index (χ0v) is 13.9. The van der Waals surface area contributed by atoms with Crippen LogP contribution in [0.3, 0.4) is 0 Å². The van der Waals surface area contributed by atoms with Crippen molar-refractivity contribution in [3.8, 4) is 0 Å². The normalized spacial score (nSPS) is 38.1. The van der Waals surface area contributed by atoms with Gasteiger partial charge in [0.2, 0.25) is 0 Å². The van der Waals surface area contributed by atoms with E-state index in [4.69, 9.17) is 0 Å². The first kappa shape index (κ1) is 13.3. The Labute approximate surface area is 132 Å². The number of thiophene rings is 1. The van der Waals surface area contributed by atoms with Gasteiger partial charge in [0.25, 0.3) is 5.91 Å². The quantitative estimate of drug-likeness (QED) is 0.853. The molecule has 108 valence electrons. The maximum Gasteiger partial charge on any atom is 0.262 e. The first-order chi connectivity index (χ1) is 9.63. The Hall–Kier alpha value is -0.350. The van der Waals surface area contributed by atoms with E-state index < -0.39 is 0 Å². The average molecular weight is 354 g/mol. The fraction of sp³-hybridized carbons (Fsp3) is 0.688. The number of amides is 1. The van der Waals surface area contributed by atoms with Crippen molar-refractivity contribution in [2.45, 2.75) is 38.5 Å². The molecule has 5 rings (SSSR count). The predicted molar refractivity (Wildman–Crippen MR) is 85.0 cm³/mol. The highest BCUT2D eigenvalue weighted by Gasteiger charge is 2.50. The lowest BCUT2D eigenvalue weighted by Gasteiger charge is -2.56. The summed E-state index contributed by atoms with van der Waals surface area (Å²) in [6, 6.07) is 1.95. The topological polar surface area (TPSA) is 29.1 Å². The van der Waals surface area contributed by atoms with Crippen LogP contribution in [0.15, 0.2) is 15.9 Å². The third kappa shape index (κ3) is 2.25. The molecule has 4 fully saturated rings. The first-order valence-corrected chi connectivity index (χ1v) is 9.32. The average Bonchev–Trinajstić information content (AvgIpc) is 2.81. The Morgan fingerprint density at radius 3 is 2.35 bits per heavy atom. The molecule has 0 aliphatic heterocycles. The Morgan fingerprint density at radius 2 is 1.85 bits per heavy atom. The zero-order valence-electron chi connectivity index (χ0n) is 11.5. The van der Waals surface area contributed by atoms with Gasteiger partial charge in [0.05, 0.1) is 0 Å². The fourth-order valence-corrected chi connectivity index (χ4v) is 6.78. The van der Waals surface area contributed by atoms with Gasteiger partial charge < -0.3 is 5.32 Å². The van der Waals surface area contributed by atoms with Crippen LogP contribution in [0.4, 0.5) is 0 Å². The molecule has 20 heavy (non-hydrogen) atoms. The summed E-state index contributed by atoms with van der Waals surface area (Å²) in [7, 11) is 0. The lowest BCUT2D eigenvalue weighted by Crippen LogP contribution is -2.51. The van der Waals surface area contributed by atoms with E-state index in [1.807, 2.05) is 11.4 Å². The minimum atomic E-state index is 0.0996. The van der Waals surface area contributed by atoms with E-state index in [1.165, 1.54) is 49.9 Å². The highest BCUT2D eigenvalue weighted by Crippen LogP contribution is 2.59. The van der Waals surface area contributed by atoms with Gasteiger partial charge in [-0.2, -0.15) is 0 Å². The minimum absolute atomic E-state index is 0.0996. The predicted octanol–water partition coefficient (Wildman–Crippen LogP) is 4.46. The monoisotopic (exact) mass is 353 g/mol. The van der Waals surface area contributed by atoms with Crippen LogP contribution < -0.4 is 5.32 Å². The van der Waals surface area contributed by atoms with E-state index in [0.717, 1.165) is 33.6 Å². The molecule has 4 aliphatic rings. The van der Waals surface area contributed by atoms with E-state index in [1.54, 1.807) is 0 Å². The van der Waals surface area contributed by atoms with Gasteiger partial charge >= 0.3 is 0 Å². The van der Waals surface area contributed by atoms with Gasteiger partial charge in [0.15, 0.2) is 0 Å². The number of carbonyl (C=O) groups excluding carboxylic acids is 1. The zero-order chi connectivity index (χ0) is 13.7. The van der Waals surface area contributed by atoms with Crippen LogP contribution in [0.25, 0.3) is 0 Å². The van der Waals surface area contributed by atoms with Crippen molar-refractivity contribution < 1.29 is 4.79 Å². The Bertz CT molecular complexity index is 503. The first-order valence-electron chi connectivity index (χ1n) is 7.65. The number of hydrogen-bond acceptors (Lipinski definition) is 2. The SMILES string of the molecule is O=C(NCC12CC3CC(CC(C3)C1)C2)c1sccc1Br. The molecule has 0 spiro atoms. The molecule has 4 aliphatic carbocycles. The lowest BCUT2D eigenvalue weighted by atomic mass is 9.49. The molecule has 4 bridgehead atoms. The van der Waals surface area contributed by atoms with Gasteiger partial charge in [-0.25, -0.2) is 0 Å². The number of halogens is 1. The Balaban J connectivity index is 1.45. The molecule has 4 heteroatoms. The molecule has 2 nitrogen and oxygen atoms in total. The van der Waals surface area contributed by atoms with E-state index in [0.29, 0.717) is 5.41 Å². The van der Waals surface area contributed by atoms with Crippen molar-refractivity contribution >= 4 is 33.2 Å². The molecule has 4 saturated carbocycles. The molecular weight excluding hydrogens is 334 g/mol. The van der Waals surface area contributed by atoms with Crippen molar-refractivity contribution in [1.29, 1.82) is 0 Å². The van der Waals surface area contributed by atoms with Gasteiger partial charge in [0.1, 0.15) is 4.88 Å². The highest BCUT2D eigenvalue weighted by molar-refractivity contribution is 9.10. The molecule has 0 atom stereocenters. The molecule has 1 N–H and O–H groups in total. The maximum absolute atomic E-state index is 12.3. The van der Waals surface area contributed by atoms with Crippen molar-refractivity contribution in [3.05, 3.63) is 20.8 Å². The third-order valence-electron chi connectivity index (χ3n) is 5.61. The number of carbonyl (C=O) groups is 1. The molecule has 0 radical (unpaired) electrons. The second-order valence-electron chi connectivity index (χ2n) is 7.20. The molecular formula is C16H20BrNOS. The van der Waals surface area contributed by atoms with Crippen LogP contribution in [0, 0.1) is 23.2 Å². The standard InChI is InChI=1S/C16H20BrNOS/c17-13-1-2-20-14(13)15(19)18-9-16-6-10-3-11(7-16)5-12(4-10)8-16/h1-2,10-12H,3-9H2,(H,18,19). The van der Waals surface area contributed by atoms with Crippen molar-refractivity contribution in [2.75, 3.05) is 6.54 Å². The summed E-state index contributed by atoms with van der Waals surface area (Å²) in [5.74, 6) is 2.95. The summed E-state index contributed by atoms with van der Waals surface area (Å²) in [6.07, 6.45) is 8.44. The van der Waals surface area contributed by atoms with E-state index in [2.05, 4.69) is 21.2 Å². The van der Waals surface area contributed by atoms with Gasteiger partial charge in [-0.15, -0.1) is 11.3 Å². The third-order valence-corrected chi connectivity index (χ3v) is 7.45. The fourth-order valence-electron chi connectivity index (χ4n) is 5.31. The molecule has 1 aromatic heterocycles. The van der Waals surface area contributed by atoms with Crippen molar-refractivity contribution in [2.24, 2.45) is 23.2 Å². The summed E-state index contributed by atoms with van der Waals surface area (Å²) >= 11 is 4.97. The maximum atomic E-state index is 12.3. The molecule has 0 saturated heterocycles. The van der Waals surface area contributed by atoms with Gasteiger partial charge in [0, 0.05) is 11.0 Å².